The molecule has 1 fully saturated rings. The molecule has 2 rings (SSSR count). The Morgan fingerprint density at radius 1 is 1.38 bits per heavy atom. The Morgan fingerprint density at radius 2 is 2.00 bits per heavy atom. The van der Waals surface area contributed by atoms with Crippen molar-refractivity contribution in [1.82, 2.24) is 9.97 Å². The molecule has 0 atom stereocenters. The molecule has 1 heterocycles. The van der Waals surface area contributed by atoms with Gasteiger partial charge < -0.3 is 5.73 Å². The molecule has 0 radical (unpaired) electrons. The van der Waals surface area contributed by atoms with Crippen molar-refractivity contribution in [2.24, 2.45) is 5.73 Å². The summed E-state index contributed by atoms with van der Waals surface area (Å²) in [5.41, 5.74) is 6.85. The Labute approximate surface area is 78.4 Å². The highest BCUT2D eigenvalue weighted by atomic mass is 14.9. The van der Waals surface area contributed by atoms with Crippen LogP contribution in [-0.4, -0.2) is 16.5 Å². The van der Waals surface area contributed by atoms with E-state index in [2.05, 4.69) is 16.9 Å². The maximum absolute atomic E-state index is 5.44. The maximum Gasteiger partial charge on any atom is 0.134 e. The second kappa shape index (κ2) is 3.07. The fourth-order valence-electron chi connectivity index (χ4n) is 1.37. The van der Waals surface area contributed by atoms with Crippen LogP contribution in [0.5, 0.6) is 0 Å². The number of rotatable bonds is 3. The van der Waals surface area contributed by atoms with Gasteiger partial charge in [-0.1, -0.05) is 6.92 Å². The molecule has 3 heteroatoms. The highest BCUT2D eigenvalue weighted by molar-refractivity contribution is 5.17. The number of hydrogen-bond acceptors (Lipinski definition) is 3. The largest absolute Gasteiger partial charge is 0.330 e. The fraction of sp³-hybridized carbons (Fsp3) is 0.600. The highest BCUT2D eigenvalue weighted by Crippen LogP contribution is 2.45. The van der Waals surface area contributed by atoms with Crippen molar-refractivity contribution >= 4 is 0 Å². The minimum Gasteiger partial charge on any atom is -0.330 e. The molecular weight excluding hydrogens is 162 g/mol. The SMILES string of the molecule is CC1(c2ncc(CCN)cn2)CC1. The van der Waals surface area contributed by atoms with E-state index in [9.17, 15) is 0 Å². The molecule has 1 aliphatic rings. The van der Waals surface area contributed by atoms with Crippen LogP contribution in [-0.2, 0) is 11.8 Å². The molecule has 13 heavy (non-hydrogen) atoms. The van der Waals surface area contributed by atoms with Gasteiger partial charge in [0.2, 0.25) is 0 Å². The van der Waals surface area contributed by atoms with E-state index in [-0.39, 0.29) is 5.41 Å². The first-order valence-electron chi connectivity index (χ1n) is 4.76. The molecule has 0 spiro atoms. The molecule has 1 aromatic rings. The minimum absolute atomic E-state index is 0.279. The summed E-state index contributed by atoms with van der Waals surface area (Å²) in [6.07, 6.45) is 7.13. The van der Waals surface area contributed by atoms with E-state index in [0.717, 1.165) is 17.8 Å². The van der Waals surface area contributed by atoms with Gasteiger partial charge in [0.15, 0.2) is 0 Å². The molecule has 2 N–H and O–H groups in total. The quantitative estimate of drug-likeness (QED) is 0.750. The predicted molar refractivity (Wildman–Crippen MR) is 51.4 cm³/mol. The van der Waals surface area contributed by atoms with E-state index >= 15 is 0 Å². The third-order valence-corrected chi connectivity index (χ3v) is 2.68. The van der Waals surface area contributed by atoms with Gasteiger partial charge in [-0.15, -0.1) is 0 Å². The molecule has 0 saturated heterocycles. The van der Waals surface area contributed by atoms with Crippen LogP contribution in [0.3, 0.4) is 0 Å². The Morgan fingerprint density at radius 3 is 2.46 bits per heavy atom. The Hall–Kier alpha value is -0.960. The van der Waals surface area contributed by atoms with Crippen LogP contribution < -0.4 is 5.73 Å². The van der Waals surface area contributed by atoms with Gasteiger partial charge in [-0.3, -0.25) is 0 Å². The van der Waals surface area contributed by atoms with Crippen molar-refractivity contribution in [1.29, 1.82) is 0 Å². The lowest BCUT2D eigenvalue weighted by Crippen LogP contribution is -2.08. The average Bonchev–Trinajstić information content (AvgIpc) is 2.87. The molecule has 0 unspecified atom stereocenters. The maximum atomic E-state index is 5.44. The number of nitrogens with two attached hydrogens (primary N) is 1. The highest BCUT2D eigenvalue weighted by Gasteiger charge is 2.41. The zero-order chi connectivity index (χ0) is 9.31. The van der Waals surface area contributed by atoms with E-state index in [1.165, 1.54) is 12.8 Å². The van der Waals surface area contributed by atoms with Crippen molar-refractivity contribution in [3.8, 4) is 0 Å². The summed E-state index contributed by atoms with van der Waals surface area (Å²) < 4.78 is 0. The van der Waals surface area contributed by atoms with Gasteiger partial charge in [0.25, 0.3) is 0 Å². The molecule has 1 saturated carbocycles. The molecule has 0 amide bonds. The monoisotopic (exact) mass is 177 g/mol. The first-order valence-corrected chi connectivity index (χ1v) is 4.76. The number of nitrogens with zero attached hydrogens (tertiary/aromatic N) is 2. The van der Waals surface area contributed by atoms with Crippen LogP contribution in [0.1, 0.15) is 31.2 Å². The smallest absolute Gasteiger partial charge is 0.134 e. The zero-order valence-electron chi connectivity index (χ0n) is 7.95. The summed E-state index contributed by atoms with van der Waals surface area (Å²) in [6.45, 7) is 2.88. The summed E-state index contributed by atoms with van der Waals surface area (Å²) in [5, 5.41) is 0. The van der Waals surface area contributed by atoms with Crippen molar-refractivity contribution in [3.05, 3.63) is 23.8 Å². The van der Waals surface area contributed by atoms with Gasteiger partial charge in [0.05, 0.1) is 0 Å². The molecular formula is C10H15N3. The molecule has 0 bridgehead atoms. The normalized spacial score (nSPS) is 18.6. The van der Waals surface area contributed by atoms with Gasteiger partial charge in [-0.25, -0.2) is 9.97 Å². The summed E-state index contributed by atoms with van der Waals surface area (Å²) in [5.74, 6) is 0.994. The van der Waals surface area contributed by atoms with Crippen molar-refractivity contribution < 1.29 is 0 Å². The Bertz CT molecular complexity index is 288. The molecule has 1 aromatic heterocycles. The lowest BCUT2D eigenvalue weighted by atomic mass is 10.1. The molecule has 0 aliphatic heterocycles. The van der Waals surface area contributed by atoms with Crippen LogP contribution in [0, 0.1) is 0 Å². The van der Waals surface area contributed by atoms with Crippen LogP contribution in [0.25, 0.3) is 0 Å². The first kappa shape index (κ1) is 8.63. The van der Waals surface area contributed by atoms with Crippen molar-refractivity contribution in [3.63, 3.8) is 0 Å². The molecule has 3 nitrogen and oxygen atoms in total. The standard InChI is InChI=1S/C10H15N3/c1-10(3-4-10)9-12-6-8(2-5-11)7-13-9/h6-7H,2-5,11H2,1H3. The van der Waals surface area contributed by atoms with Crippen molar-refractivity contribution in [2.45, 2.75) is 31.6 Å². The van der Waals surface area contributed by atoms with E-state index in [1.807, 2.05) is 12.4 Å². The third-order valence-electron chi connectivity index (χ3n) is 2.68. The van der Waals surface area contributed by atoms with Gasteiger partial charge in [0, 0.05) is 17.8 Å². The van der Waals surface area contributed by atoms with Crippen molar-refractivity contribution in [2.75, 3.05) is 6.54 Å². The summed E-state index contributed by atoms with van der Waals surface area (Å²) in [6, 6.07) is 0. The van der Waals surface area contributed by atoms with E-state index in [4.69, 9.17) is 5.73 Å². The summed E-state index contributed by atoms with van der Waals surface area (Å²) in [7, 11) is 0. The van der Waals surface area contributed by atoms with Crippen LogP contribution in [0.15, 0.2) is 12.4 Å². The van der Waals surface area contributed by atoms with E-state index < -0.39 is 0 Å². The van der Waals surface area contributed by atoms with E-state index in [1.54, 1.807) is 0 Å². The molecule has 0 aromatic carbocycles. The lowest BCUT2D eigenvalue weighted by Gasteiger charge is -2.06. The topological polar surface area (TPSA) is 51.8 Å². The fourth-order valence-corrected chi connectivity index (χ4v) is 1.37. The zero-order valence-corrected chi connectivity index (χ0v) is 7.95. The molecule has 70 valence electrons. The van der Waals surface area contributed by atoms with Gasteiger partial charge in [-0.2, -0.15) is 0 Å². The summed E-state index contributed by atoms with van der Waals surface area (Å²) in [4.78, 5) is 8.73. The summed E-state index contributed by atoms with van der Waals surface area (Å²) >= 11 is 0. The minimum atomic E-state index is 0.279. The average molecular weight is 177 g/mol. The first-order chi connectivity index (χ1) is 6.24. The number of aromatic nitrogens is 2. The second-order valence-electron chi connectivity index (χ2n) is 4.01. The Kier molecular flexibility index (Phi) is 2.04. The third kappa shape index (κ3) is 1.70. The van der Waals surface area contributed by atoms with Crippen LogP contribution >= 0.6 is 0 Å². The van der Waals surface area contributed by atoms with E-state index in [0.29, 0.717) is 6.54 Å². The number of hydrogen-bond donors (Lipinski definition) is 1. The van der Waals surface area contributed by atoms with Gasteiger partial charge in [-0.05, 0) is 31.4 Å². The molecule has 1 aliphatic carbocycles. The lowest BCUT2D eigenvalue weighted by molar-refractivity contribution is 0.703. The second-order valence-corrected chi connectivity index (χ2v) is 4.01. The Balaban J connectivity index is 2.14. The predicted octanol–water partition coefficient (Wildman–Crippen LogP) is 1.03. The van der Waals surface area contributed by atoms with Gasteiger partial charge in [0.1, 0.15) is 5.82 Å². The van der Waals surface area contributed by atoms with Crippen LogP contribution in [0.4, 0.5) is 0 Å². The van der Waals surface area contributed by atoms with Crippen LogP contribution in [0.2, 0.25) is 0 Å². The van der Waals surface area contributed by atoms with Gasteiger partial charge >= 0.3 is 0 Å².